The third kappa shape index (κ3) is 15.1. The first-order valence-corrected chi connectivity index (χ1v) is 19.9. The van der Waals surface area contributed by atoms with Crippen LogP contribution in [0, 0.1) is 5.41 Å². The molecule has 25 heavy (non-hydrogen) atoms. The van der Waals surface area contributed by atoms with Gasteiger partial charge in [0.1, 0.15) is 0 Å². The molecule has 150 valence electrons. The van der Waals surface area contributed by atoms with Crippen molar-refractivity contribution in [1.82, 2.24) is 0 Å². The third-order valence-electron chi connectivity index (χ3n) is 3.80. The molecule has 0 aromatic heterocycles. The highest BCUT2D eigenvalue weighted by atomic mass is 28.4. The summed E-state index contributed by atoms with van der Waals surface area (Å²) in [6, 6.07) is 0. The Morgan fingerprint density at radius 3 is 1.32 bits per heavy atom. The highest BCUT2D eigenvalue weighted by molar-refractivity contribution is 6.70. The van der Waals surface area contributed by atoms with Gasteiger partial charge in [0.05, 0.1) is 0 Å². The molecular weight excluding hydrogens is 360 g/mol. The summed E-state index contributed by atoms with van der Waals surface area (Å²) in [7, 11) is -4.73. The zero-order chi connectivity index (χ0) is 19.8. The van der Waals surface area contributed by atoms with Crippen molar-refractivity contribution in [2.75, 3.05) is 19.8 Å². The lowest BCUT2D eigenvalue weighted by molar-refractivity contribution is 0.0162. The zero-order valence-corrected chi connectivity index (χ0v) is 21.5. The topological polar surface area (TPSA) is 27.7 Å². The fraction of sp³-hybridized carbons (Fsp3) is 0.895. The van der Waals surface area contributed by atoms with Gasteiger partial charge >= 0.3 is 0 Å². The van der Waals surface area contributed by atoms with Gasteiger partial charge in [0.2, 0.25) is 0 Å². The second kappa shape index (κ2) is 10.6. The Morgan fingerprint density at radius 2 is 1.04 bits per heavy atom. The normalized spacial score (nSPS) is 14.0. The second-order valence-corrected chi connectivity index (χ2v) is 23.8. The highest BCUT2D eigenvalue weighted by Crippen LogP contribution is 2.31. The molecule has 0 fully saturated rings. The molecule has 0 heterocycles. The van der Waals surface area contributed by atoms with Crippen LogP contribution in [0.15, 0.2) is 12.7 Å². The van der Waals surface area contributed by atoms with Gasteiger partial charge in [-0.3, -0.25) is 0 Å². The predicted octanol–water partition coefficient (Wildman–Crippen LogP) is 6.27. The number of allylic oxidation sites excluding steroid dienone is 1. The second-order valence-electron chi connectivity index (χ2n) is 10.2. The summed E-state index contributed by atoms with van der Waals surface area (Å²) in [5.41, 5.74) is -0.0258. The zero-order valence-electron chi connectivity index (χ0n) is 18.5. The highest BCUT2D eigenvalue weighted by Gasteiger charge is 2.36. The smallest absolute Gasteiger partial charge is 0.183 e. The molecule has 0 aliphatic rings. The van der Waals surface area contributed by atoms with Crippen LogP contribution in [-0.4, -0.2) is 44.8 Å². The van der Waals surface area contributed by atoms with Crippen molar-refractivity contribution in [2.24, 2.45) is 5.41 Å². The average Bonchev–Trinajstić information content (AvgIpc) is 2.42. The Labute approximate surface area is 160 Å². The van der Waals surface area contributed by atoms with Crippen LogP contribution in [-0.2, 0) is 13.3 Å². The lowest BCUT2D eigenvalue weighted by Gasteiger charge is -2.39. The molecule has 0 radical (unpaired) electrons. The number of unbranched alkanes of at least 4 members (excludes halogenated alkanes) is 2. The monoisotopic (exact) mass is 404 g/mol. The summed E-state index contributed by atoms with van der Waals surface area (Å²) in [6.45, 7) is 26.4. The van der Waals surface area contributed by atoms with Crippen molar-refractivity contribution in [3.8, 4) is 0 Å². The van der Waals surface area contributed by atoms with Crippen LogP contribution in [0.25, 0.3) is 0 Å². The molecule has 0 atom stereocenters. The van der Waals surface area contributed by atoms with Crippen LogP contribution >= 0.6 is 0 Å². The molecule has 3 nitrogen and oxygen atoms in total. The number of rotatable bonds is 14. The van der Waals surface area contributed by atoms with E-state index >= 15 is 0 Å². The minimum atomic E-state index is -1.58. The molecule has 0 aromatic rings. The Balaban J connectivity index is 5.22. The van der Waals surface area contributed by atoms with Crippen molar-refractivity contribution in [3.05, 3.63) is 12.7 Å². The maximum absolute atomic E-state index is 6.37. The van der Waals surface area contributed by atoms with E-state index in [1.165, 1.54) is 12.8 Å². The molecule has 6 heteroatoms. The molecule has 0 aliphatic carbocycles. The summed E-state index contributed by atoms with van der Waals surface area (Å²) in [5.74, 6) is 0. The van der Waals surface area contributed by atoms with E-state index in [1.807, 2.05) is 6.08 Å². The van der Waals surface area contributed by atoms with E-state index in [4.69, 9.17) is 13.3 Å². The van der Waals surface area contributed by atoms with Gasteiger partial charge in [-0.1, -0.05) is 12.5 Å². The van der Waals surface area contributed by atoms with Gasteiger partial charge < -0.3 is 13.3 Å². The SMILES string of the molecule is C=CCCCCC(CO[Si](C)(C)C)(CO[Si](C)(C)C)CO[Si](C)(C)C. The Bertz CT molecular complexity index is 333. The first-order valence-electron chi connectivity index (χ1n) is 9.71. The molecule has 0 aromatic carbocycles. The van der Waals surface area contributed by atoms with E-state index in [1.54, 1.807) is 0 Å². The van der Waals surface area contributed by atoms with Crippen molar-refractivity contribution in [1.29, 1.82) is 0 Å². The maximum atomic E-state index is 6.37. The van der Waals surface area contributed by atoms with Crippen molar-refractivity contribution < 1.29 is 13.3 Å². The Hall–Kier alpha value is 0.271. The molecule has 0 N–H and O–H groups in total. The summed E-state index contributed by atoms with van der Waals surface area (Å²) >= 11 is 0. The lowest BCUT2D eigenvalue weighted by atomic mass is 9.85. The largest absolute Gasteiger partial charge is 0.417 e. The van der Waals surface area contributed by atoms with E-state index in [0.29, 0.717) is 0 Å². The van der Waals surface area contributed by atoms with Gasteiger partial charge in [-0.2, -0.15) is 0 Å². The van der Waals surface area contributed by atoms with E-state index in [9.17, 15) is 0 Å². The predicted molar refractivity (Wildman–Crippen MR) is 119 cm³/mol. The van der Waals surface area contributed by atoms with Crippen LogP contribution in [0.1, 0.15) is 25.7 Å². The average molecular weight is 405 g/mol. The fourth-order valence-corrected chi connectivity index (χ4v) is 4.46. The van der Waals surface area contributed by atoms with Gasteiger partial charge in [-0.25, -0.2) is 0 Å². The first kappa shape index (κ1) is 25.3. The van der Waals surface area contributed by atoms with Crippen LogP contribution in [0.2, 0.25) is 58.9 Å². The molecule has 0 aliphatic heterocycles. The van der Waals surface area contributed by atoms with Crippen LogP contribution in [0.4, 0.5) is 0 Å². The Morgan fingerprint density at radius 1 is 0.680 bits per heavy atom. The molecule has 0 amide bonds. The van der Waals surface area contributed by atoms with Crippen LogP contribution < -0.4 is 0 Å². The van der Waals surface area contributed by atoms with E-state index in [0.717, 1.165) is 32.7 Å². The van der Waals surface area contributed by atoms with Crippen molar-refractivity contribution >= 4 is 25.0 Å². The van der Waals surface area contributed by atoms with E-state index in [2.05, 4.69) is 65.5 Å². The van der Waals surface area contributed by atoms with E-state index < -0.39 is 25.0 Å². The molecule has 0 saturated carbocycles. The quantitative estimate of drug-likeness (QED) is 0.194. The molecule has 0 bridgehead atoms. The summed E-state index contributed by atoms with van der Waals surface area (Å²) in [6.07, 6.45) is 6.54. The minimum absolute atomic E-state index is 0.0258. The van der Waals surface area contributed by atoms with E-state index in [-0.39, 0.29) is 5.41 Å². The summed E-state index contributed by atoms with van der Waals surface area (Å²) < 4.78 is 19.1. The van der Waals surface area contributed by atoms with Gasteiger partial charge in [0.25, 0.3) is 0 Å². The van der Waals surface area contributed by atoms with Crippen LogP contribution in [0.5, 0.6) is 0 Å². The third-order valence-corrected chi connectivity index (χ3v) is 6.83. The van der Waals surface area contributed by atoms with Gasteiger partial charge in [0.15, 0.2) is 25.0 Å². The van der Waals surface area contributed by atoms with Gasteiger partial charge in [-0.15, -0.1) is 6.58 Å². The lowest BCUT2D eigenvalue weighted by Crippen LogP contribution is -2.46. The molecular formula is C19H44O3Si3. The Kier molecular flexibility index (Phi) is 10.7. The molecule has 0 rings (SSSR count). The van der Waals surface area contributed by atoms with Gasteiger partial charge in [-0.05, 0) is 78.2 Å². The standard InChI is InChI=1S/C19H44O3Si3/c1-11-12-13-14-15-19(16-20-23(2,3)4,17-21-24(5,6)7)18-22-25(8,9)10/h11H,1,12-18H2,2-10H3. The molecule has 0 spiro atoms. The van der Waals surface area contributed by atoms with Crippen LogP contribution in [0.3, 0.4) is 0 Å². The molecule has 0 unspecified atom stereocenters. The summed E-state index contributed by atoms with van der Waals surface area (Å²) in [5, 5.41) is 0. The first-order chi connectivity index (χ1) is 11.2. The molecule has 0 saturated heterocycles. The number of hydrogen-bond donors (Lipinski definition) is 0. The fourth-order valence-electron chi connectivity index (χ4n) is 2.24. The number of hydrogen-bond acceptors (Lipinski definition) is 3. The minimum Gasteiger partial charge on any atom is -0.417 e. The summed E-state index contributed by atoms with van der Waals surface area (Å²) in [4.78, 5) is 0. The maximum Gasteiger partial charge on any atom is 0.183 e. The van der Waals surface area contributed by atoms with Crippen molar-refractivity contribution in [2.45, 2.75) is 84.6 Å². The van der Waals surface area contributed by atoms with Gasteiger partial charge in [0, 0.05) is 25.2 Å². The van der Waals surface area contributed by atoms with Crippen molar-refractivity contribution in [3.63, 3.8) is 0 Å².